The van der Waals surface area contributed by atoms with Gasteiger partial charge in [0.25, 0.3) is 0 Å². The first-order valence-electron chi connectivity index (χ1n) is 11.3. The highest BCUT2D eigenvalue weighted by Crippen LogP contribution is 2.44. The molecule has 162 valence electrons. The maximum Gasteiger partial charge on any atom is 0.192 e. The first-order valence-corrected chi connectivity index (χ1v) is 14.2. The van der Waals surface area contributed by atoms with Gasteiger partial charge in [-0.3, -0.25) is 0 Å². The molecule has 0 aliphatic rings. The van der Waals surface area contributed by atoms with E-state index in [-0.39, 0.29) is 11.0 Å². The minimum absolute atomic E-state index is 0.00904. The highest BCUT2D eigenvalue weighted by molar-refractivity contribution is 6.74. The maximum absolute atomic E-state index is 9.47. The largest absolute Gasteiger partial charge is 0.416 e. The van der Waals surface area contributed by atoms with Gasteiger partial charge in [-0.05, 0) is 66.4 Å². The second kappa shape index (κ2) is 10.9. The van der Waals surface area contributed by atoms with Gasteiger partial charge >= 0.3 is 0 Å². The second-order valence-corrected chi connectivity index (χ2v) is 14.4. The molecule has 2 aromatic rings. The van der Waals surface area contributed by atoms with E-state index in [1.165, 1.54) is 11.1 Å². The Hall–Kier alpha value is -1.89. The summed E-state index contributed by atoms with van der Waals surface area (Å²) in [6, 6.07) is 21.5. The van der Waals surface area contributed by atoms with Gasteiger partial charge in [0.1, 0.15) is 0 Å². The summed E-state index contributed by atoms with van der Waals surface area (Å²) in [4.78, 5) is 0. The smallest absolute Gasteiger partial charge is 0.192 e. The topological polar surface area (TPSA) is 33.0 Å². The third kappa shape index (κ3) is 6.55. The molecule has 0 fully saturated rings. The Balaban J connectivity index is 1.79. The van der Waals surface area contributed by atoms with E-state index in [4.69, 9.17) is 4.43 Å². The Morgan fingerprint density at radius 2 is 1.50 bits per heavy atom. The van der Waals surface area contributed by atoms with Crippen LogP contribution in [0.5, 0.6) is 0 Å². The molecule has 0 saturated carbocycles. The number of nitriles is 1. The van der Waals surface area contributed by atoms with Gasteiger partial charge in [-0.25, -0.2) is 0 Å². The van der Waals surface area contributed by atoms with E-state index >= 15 is 0 Å². The minimum Gasteiger partial charge on any atom is -0.416 e. The molecule has 3 heteroatoms. The van der Waals surface area contributed by atoms with Crippen LogP contribution in [0.2, 0.25) is 18.1 Å². The zero-order chi connectivity index (χ0) is 22.2. The van der Waals surface area contributed by atoms with Crippen molar-refractivity contribution >= 4 is 8.32 Å². The van der Waals surface area contributed by atoms with Gasteiger partial charge in [0, 0.05) is 6.61 Å². The first kappa shape index (κ1) is 24.4. The van der Waals surface area contributed by atoms with Crippen LogP contribution in [-0.4, -0.2) is 14.9 Å². The van der Waals surface area contributed by atoms with Crippen molar-refractivity contribution in [1.29, 1.82) is 5.26 Å². The van der Waals surface area contributed by atoms with Gasteiger partial charge in [0.2, 0.25) is 0 Å². The number of benzene rings is 2. The Morgan fingerprint density at radius 3 is 2.03 bits per heavy atom. The van der Waals surface area contributed by atoms with Gasteiger partial charge < -0.3 is 4.43 Å². The van der Waals surface area contributed by atoms with Gasteiger partial charge in [-0.1, -0.05) is 82.3 Å². The fourth-order valence-corrected chi connectivity index (χ4v) is 6.05. The molecule has 0 aromatic heterocycles. The molecule has 0 spiro atoms. The summed E-state index contributed by atoms with van der Waals surface area (Å²) >= 11 is 0. The van der Waals surface area contributed by atoms with Crippen molar-refractivity contribution in [2.24, 2.45) is 5.92 Å². The zero-order valence-electron chi connectivity index (χ0n) is 19.7. The van der Waals surface area contributed by atoms with E-state index < -0.39 is 8.32 Å². The fraction of sp³-hybridized carbons (Fsp3) is 0.519. The monoisotopic (exact) mass is 421 g/mol. The summed E-state index contributed by atoms with van der Waals surface area (Å²) in [6.45, 7) is 14.8. The summed E-state index contributed by atoms with van der Waals surface area (Å²) < 4.78 is 6.44. The van der Waals surface area contributed by atoms with E-state index in [2.05, 4.69) is 83.3 Å². The van der Waals surface area contributed by atoms with Crippen molar-refractivity contribution in [2.75, 3.05) is 6.61 Å². The molecule has 0 bridgehead atoms. The molecular formula is C27H39NOSi. The Kier molecular flexibility index (Phi) is 8.88. The summed E-state index contributed by atoms with van der Waals surface area (Å²) in [6.07, 6.45) is 3.92. The maximum atomic E-state index is 9.47. The Bertz CT molecular complexity index is 803. The van der Waals surface area contributed by atoms with Gasteiger partial charge in [-0.2, -0.15) is 5.26 Å². The van der Waals surface area contributed by atoms with Crippen LogP contribution in [0.1, 0.15) is 63.1 Å². The van der Waals surface area contributed by atoms with Crippen molar-refractivity contribution in [2.45, 2.75) is 77.4 Å². The van der Waals surface area contributed by atoms with Crippen LogP contribution in [-0.2, 0) is 17.3 Å². The molecule has 0 N–H and O–H groups in total. The van der Waals surface area contributed by atoms with Crippen LogP contribution >= 0.6 is 0 Å². The van der Waals surface area contributed by atoms with Crippen molar-refractivity contribution in [1.82, 2.24) is 0 Å². The third-order valence-corrected chi connectivity index (χ3v) is 11.8. The lowest BCUT2D eigenvalue weighted by Crippen LogP contribution is -2.45. The SMILES string of the molecule is CC(C)C(C)(C)[Si](C)(C)OCCc1ccc(CCCC(C#N)c2ccccc2)cc1. The van der Waals surface area contributed by atoms with Gasteiger partial charge in [-0.15, -0.1) is 0 Å². The average molecular weight is 422 g/mol. The number of rotatable bonds is 11. The van der Waals surface area contributed by atoms with E-state index in [1.54, 1.807) is 0 Å². The van der Waals surface area contributed by atoms with Crippen LogP contribution in [0.3, 0.4) is 0 Å². The van der Waals surface area contributed by atoms with E-state index in [0.717, 1.165) is 37.9 Å². The van der Waals surface area contributed by atoms with Crippen LogP contribution in [0, 0.1) is 17.2 Å². The molecule has 0 heterocycles. The van der Waals surface area contributed by atoms with E-state index in [9.17, 15) is 5.26 Å². The molecule has 2 nitrogen and oxygen atoms in total. The molecule has 0 aliphatic heterocycles. The quantitative estimate of drug-likeness (QED) is 0.351. The Morgan fingerprint density at radius 1 is 0.933 bits per heavy atom. The average Bonchev–Trinajstić information content (AvgIpc) is 2.72. The van der Waals surface area contributed by atoms with Gasteiger partial charge in [0.15, 0.2) is 8.32 Å². The summed E-state index contributed by atoms with van der Waals surface area (Å²) in [5, 5.41) is 9.74. The van der Waals surface area contributed by atoms with E-state index in [1.807, 2.05) is 18.2 Å². The number of nitrogens with zero attached hydrogens (tertiary/aromatic N) is 1. The lowest BCUT2D eigenvalue weighted by atomic mass is 9.93. The molecule has 0 radical (unpaired) electrons. The Labute approximate surface area is 185 Å². The lowest BCUT2D eigenvalue weighted by Gasteiger charge is -2.42. The van der Waals surface area contributed by atoms with E-state index in [0.29, 0.717) is 5.92 Å². The number of hydrogen-bond acceptors (Lipinski definition) is 2. The molecule has 0 amide bonds. The molecule has 2 rings (SSSR count). The summed E-state index contributed by atoms with van der Waals surface area (Å²) in [5.74, 6) is 0.617. The lowest BCUT2D eigenvalue weighted by molar-refractivity contribution is 0.270. The molecule has 30 heavy (non-hydrogen) atoms. The van der Waals surface area contributed by atoms with Crippen molar-refractivity contribution in [3.05, 3.63) is 71.3 Å². The minimum atomic E-state index is -1.75. The van der Waals surface area contributed by atoms with Crippen LogP contribution in [0.15, 0.2) is 54.6 Å². The molecular weight excluding hydrogens is 382 g/mol. The highest BCUT2D eigenvalue weighted by Gasteiger charge is 2.43. The highest BCUT2D eigenvalue weighted by atomic mass is 28.4. The molecule has 0 saturated heterocycles. The summed E-state index contributed by atoms with van der Waals surface area (Å²) in [7, 11) is -1.75. The van der Waals surface area contributed by atoms with Gasteiger partial charge in [0.05, 0.1) is 12.0 Å². The number of aryl methyl sites for hydroxylation is 1. The van der Waals surface area contributed by atoms with Crippen molar-refractivity contribution in [3.8, 4) is 6.07 Å². The predicted molar refractivity (Wildman–Crippen MR) is 130 cm³/mol. The molecule has 1 atom stereocenters. The molecule has 1 unspecified atom stereocenters. The standard InChI is InChI=1S/C27H39NOSi/c1-22(2)27(3,4)30(5,6)29-20-19-24-17-15-23(16-18-24)11-10-14-26(21-28)25-12-8-7-9-13-25/h7-9,12-13,15-18,22,26H,10-11,14,19-20H2,1-6H3. The third-order valence-electron chi connectivity index (χ3n) is 7.19. The number of hydrogen-bond donors (Lipinski definition) is 0. The normalized spacial score (nSPS) is 13.3. The van der Waals surface area contributed by atoms with Crippen LogP contribution < -0.4 is 0 Å². The molecule has 2 aromatic carbocycles. The predicted octanol–water partition coefficient (Wildman–Crippen LogP) is 7.52. The second-order valence-electron chi connectivity index (χ2n) is 9.79. The van der Waals surface area contributed by atoms with Crippen LogP contribution in [0.25, 0.3) is 0 Å². The summed E-state index contributed by atoms with van der Waals surface area (Å²) in [5.41, 5.74) is 3.81. The first-order chi connectivity index (χ1) is 14.2. The van der Waals surface area contributed by atoms with Crippen LogP contribution in [0.4, 0.5) is 0 Å². The zero-order valence-corrected chi connectivity index (χ0v) is 20.7. The molecule has 0 aliphatic carbocycles. The fourth-order valence-electron chi connectivity index (χ4n) is 3.68. The van der Waals surface area contributed by atoms with Crippen molar-refractivity contribution < 1.29 is 4.43 Å². The van der Waals surface area contributed by atoms with Crippen molar-refractivity contribution in [3.63, 3.8) is 0 Å².